The summed E-state index contributed by atoms with van der Waals surface area (Å²) in [6, 6.07) is 19.3. The number of fused-ring (bicyclic) bond motifs is 1. The van der Waals surface area contributed by atoms with E-state index in [0.717, 1.165) is 10.9 Å². The summed E-state index contributed by atoms with van der Waals surface area (Å²) in [7, 11) is -3.72. The van der Waals surface area contributed by atoms with E-state index in [9.17, 15) is 8.42 Å². The quantitative estimate of drug-likeness (QED) is 0.613. The van der Waals surface area contributed by atoms with E-state index >= 15 is 0 Å². The van der Waals surface area contributed by atoms with Gasteiger partial charge in [0.15, 0.2) is 0 Å². The van der Waals surface area contributed by atoms with Crippen LogP contribution in [0.1, 0.15) is 0 Å². The van der Waals surface area contributed by atoms with Gasteiger partial charge in [-0.05, 0) is 30.3 Å². The van der Waals surface area contributed by atoms with Crippen molar-refractivity contribution < 1.29 is 8.42 Å². The van der Waals surface area contributed by atoms with Crippen molar-refractivity contribution in [2.45, 2.75) is 4.90 Å². The predicted molar refractivity (Wildman–Crippen MR) is 96.1 cm³/mol. The molecule has 25 heavy (non-hydrogen) atoms. The van der Waals surface area contributed by atoms with Crippen LogP contribution < -0.4 is 4.72 Å². The summed E-state index contributed by atoms with van der Waals surface area (Å²) in [4.78, 5) is 8.70. The van der Waals surface area contributed by atoms with Gasteiger partial charge >= 0.3 is 0 Å². The lowest BCUT2D eigenvalue weighted by Gasteiger charge is -2.11. The van der Waals surface area contributed by atoms with Gasteiger partial charge in [-0.3, -0.25) is 9.29 Å². The zero-order chi connectivity index (χ0) is 17.3. The molecule has 2 heterocycles. The van der Waals surface area contributed by atoms with Crippen molar-refractivity contribution >= 4 is 26.7 Å². The highest BCUT2D eigenvalue weighted by molar-refractivity contribution is 7.92. The van der Waals surface area contributed by atoms with Crippen molar-refractivity contribution in [1.82, 2.24) is 14.5 Å². The van der Waals surface area contributed by atoms with E-state index in [-0.39, 0.29) is 4.90 Å². The second-order valence-corrected chi connectivity index (χ2v) is 7.07. The summed E-state index contributed by atoms with van der Waals surface area (Å²) in [5.74, 6) is 0.783. The molecule has 0 aliphatic rings. The zero-order valence-electron chi connectivity index (χ0n) is 13.1. The highest BCUT2D eigenvalue weighted by Crippen LogP contribution is 2.27. The van der Waals surface area contributed by atoms with Crippen LogP contribution in [0.25, 0.3) is 16.9 Å². The minimum absolute atomic E-state index is 0.195. The fourth-order valence-corrected chi connectivity index (χ4v) is 3.71. The van der Waals surface area contributed by atoms with Gasteiger partial charge < -0.3 is 0 Å². The molecular formula is C18H14N4O2S. The first-order chi connectivity index (χ1) is 12.1. The van der Waals surface area contributed by atoms with E-state index in [1.165, 1.54) is 0 Å². The summed E-state index contributed by atoms with van der Waals surface area (Å²) >= 11 is 0. The number of nitrogens with zero attached hydrogens (tertiary/aromatic N) is 3. The van der Waals surface area contributed by atoms with Crippen molar-refractivity contribution in [2.24, 2.45) is 0 Å². The van der Waals surface area contributed by atoms with E-state index in [4.69, 9.17) is 0 Å². The van der Waals surface area contributed by atoms with Crippen molar-refractivity contribution in [3.8, 4) is 5.95 Å². The number of benzene rings is 2. The third kappa shape index (κ3) is 2.85. The summed E-state index contributed by atoms with van der Waals surface area (Å²) in [5.41, 5.74) is 0.819. The second-order valence-electron chi connectivity index (χ2n) is 5.39. The van der Waals surface area contributed by atoms with E-state index < -0.39 is 10.0 Å². The molecule has 0 unspecified atom stereocenters. The van der Waals surface area contributed by atoms with Crippen LogP contribution in [0.5, 0.6) is 0 Å². The maximum Gasteiger partial charge on any atom is 0.263 e. The predicted octanol–water partition coefficient (Wildman–Crippen LogP) is 3.22. The van der Waals surface area contributed by atoms with Gasteiger partial charge in [0.1, 0.15) is 5.82 Å². The van der Waals surface area contributed by atoms with Crippen LogP contribution in [0.15, 0.2) is 84.0 Å². The monoisotopic (exact) mass is 350 g/mol. The van der Waals surface area contributed by atoms with Crippen LogP contribution in [0.4, 0.5) is 5.82 Å². The number of nitrogens with one attached hydrogen (secondary N) is 1. The van der Waals surface area contributed by atoms with Gasteiger partial charge in [-0.1, -0.05) is 36.4 Å². The Labute approximate surface area is 144 Å². The standard InChI is InChI=1S/C18H14N4O2S/c23-25(24,15-8-2-1-3-9-15)21-17-13-14-7-4-5-10-16(14)22(17)18-19-11-6-12-20-18/h1-13,21H. The second kappa shape index (κ2) is 6.03. The lowest BCUT2D eigenvalue weighted by Crippen LogP contribution is -2.16. The normalized spacial score (nSPS) is 11.5. The molecule has 0 amide bonds. The molecule has 1 N–H and O–H groups in total. The smallest absolute Gasteiger partial charge is 0.263 e. The summed E-state index contributed by atoms with van der Waals surface area (Å²) in [6.07, 6.45) is 3.24. The SMILES string of the molecule is O=S(=O)(Nc1cc2ccccc2n1-c1ncccn1)c1ccccc1. The molecule has 0 atom stereocenters. The Morgan fingerprint density at radius 1 is 0.840 bits per heavy atom. The first kappa shape index (κ1) is 15.3. The van der Waals surface area contributed by atoms with Crippen molar-refractivity contribution in [2.75, 3.05) is 4.72 Å². The number of hydrogen-bond donors (Lipinski definition) is 1. The minimum atomic E-state index is -3.72. The van der Waals surface area contributed by atoms with Crippen LogP contribution in [0, 0.1) is 0 Å². The van der Waals surface area contributed by atoms with Crippen LogP contribution in [-0.2, 0) is 10.0 Å². The van der Waals surface area contributed by atoms with Gasteiger partial charge in [0.2, 0.25) is 5.95 Å². The Bertz CT molecular complexity index is 1120. The van der Waals surface area contributed by atoms with Crippen LogP contribution >= 0.6 is 0 Å². The van der Waals surface area contributed by atoms with Gasteiger partial charge in [0.25, 0.3) is 10.0 Å². The molecule has 0 saturated heterocycles. The average molecular weight is 350 g/mol. The number of para-hydroxylation sites is 1. The van der Waals surface area contributed by atoms with E-state index in [1.807, 2.05) is 24.3 Å². The van der Waals surface area contributed by atoms with Gasteiger partial charge in [0.05, 0.1) is 10.4 Å². The first-order valence-corrected chi connectivity index (χ1v) is 9.09. The number of anilines is 1. The fraction of sp³-hybridized carbons (Fsp3) is 0. The zero-order valence-corrected chi connectivity index (χ0v) is 13.9. The highest BCUT2D eigenvalue weighted by atomic mass is 32.2. The Balaban J connectivity index is 1.88. The molecule has 124 valence electrons. The lowest BCUT2D eigenvalue weighted by atomic mass is 10.2. The van der Waals surface area contributed by atoms with E-state index in [0.29, 0.717) is 11.8 Å². The van der Waals surface area contributed by atoms with E-state index in [1.54, 1.807) is 59.4 Å². The molecule has 4 aromatic rings. The van der Waals surface area contributed by atoms with Gasteiger partial charge in [0, 0.05) is 17.8 Å². The van der Waals surface area contributed by atoms with Crippen LogP contribution in [0.3, 0.4) is 0 Å². The fourth-order valence-electron chi connectivity index (χ4n) is 2.65. The molecule has 0 radical (unpaired) electrons. The number of hydrogen-bond acceptors (Lipinski definition) is 4. The van der Waals surface area contributed by atoms with Gasteiger partial charge in [-0.25, -0.2) is 18.4 Å². The average Bonchev–Trinajstić information content (AvgIpc) is 3.00. The number of aromatic nitrogens is 3. The third-order valence-electron chi connectivity index (χ3n) is 3.76. The molecule has 2 aromatic heterocycles. The Kier molecular flexibility index (Phi) is 3.70. The molecule has 0 saturated carbocycles. The molecule has 0 bridgehead atoms. The topological polar surface area (TPSA) is 76.9 Å². The molecule has 7 heteroatoms. The highest BCUT2D eigenvalue weighted by Gasteiger charge is 2.19. The Morgan fingerprint density at radius 3 is 2.28 bits per heavy atom. The molecule has 0 fully saturated rings. The lowest BCUT2D eigenvalue weighted by molar-refractivity contribution is 0.601. The van der Waals surface area contributed by atoms with Gasteiger partial charge in [-0.2, -0.15) is 0 Å². The molecule has 0 aliphatic heterocycles. The maximum absolute atomic E-state index is 12.7. The van der Waals surface area contributed by atoms with Crippen LogP contribution in [0.2, 0.25) is 0 Å². The number of rotatable bonds is 4. The van der Waals surface area contributed by atoms with Crippen molar-refractivity contribution in [3.05, 3.63) is 79.1 Å². The molecular weight excluding hydrogens is 336 g/mol. The largest absolute Gasteiger partial charge is 0.264 e. The molecule has 6 nitrogen and oxygen atoms in total. The third-order valence-corrected chi connectivity index (χ3v) is 5.13. The summed E-state index contributed by atoms with van der Waals surface area (Å²) in [6.45, 7) is 0. The maximum atomic E-state index is 12.7. The summed E-state index contributed by atoms with van der Waals surface area (Å²) in [5, 5.41) is 0.890. The number of sulfonamides is 1. The first-order valence-electron chi connectivity index (χ1n) is 7.61. The molecule has 0 aliphatic carbocycles. The van der Waals surface area contributed by atoms with Crippen molar-refractivity contribution in [3.63, 3.8) is 0 Å². The van der Waals surface area contributed by atoms with E-state index in [2.05, 4.69) is 14.7 Å². The Hall–Kier alpha value is -3.19. The molecule has 4 rings (SSSR count). The summed E-state index contributed by atoms with van der Waals surface area (Å²) < 4.78 is 29.7. The Morgan fingerprint density at radius 2 is 1.52 bits per heavy atom. The van der Waals surface area contributed by atoms with Crippen molar-refractivity contribution in [1.29, 1.82) is 0 Å². The molecule has 0 spiro atoms. The minimum Gasteiger partial charge on any atom is -0.264 e. The van der Waals surface area contributed by atoms with Gasteiger partial charge in [-0.15, -0.1) is 0 Å². The van der Waals surface area contributed by atoms with Crippen LogP contribution in [-0.4, -0.2) is 23.0 Å². The molecule has 2 aromatic carbocycles.